The molecular weight excluding hydrogens is 570 g/mol. The minimum Gasteiger partial charge on any atom is -0.487 e. The number of halogens is 3. The molecule has 39 heavy (non-hydrogen) atoms. The van der Waals surface area contributed by atoms with Crippen LogP contribution in [0.3, 0.4) is 0 Å². The van der Waals surface area contributed by atoms with Crippen molar-refractivity contribution in [2.45, 2.75) is 20.0 Å². The molecule has 0 bridgehead atoms. The quantitative estimate of drug-likeness (QED) is 0.213. The Balaban J connectivity index is 1.35. The van der Waals surface area contributed by atoms with Gasteiger partial charge in [-0.05, 0) is 43.1 Å². The van der Waals surface area contributed by atoms with Gasteiger partial charge in [0.2, 0.25) is 11.2 Å². The van der Waals surface area contributed by atoms with Crippen LogP contribution in [0.15, 0.2) is 36.8 Å². The van der Waals surface area contributed by atoms with Crippen molar-refractivity contribution in [3.8, 4) is 22.2 Å². The van der Waals surface area contributed by atoms with E-state index in [1.807, 2.05) is 19.1 Å². The first kappa shape index (κ1) is 26.7. The summed E-state index contributed by atoms with van der Waals surface area (Å²) in [6.45, 7) is 3.40. The molecule has 0 unspecified atom stereocenters. The van der Waals surface area contributed by atoms with E-state index in [-0.39, 0.29) is 22.7 Å². The molecule has 0 radical (unpaired) electrons. The van der Waals surface area contributed by atoms with Crippen LogP contribution in [0.25, 0.3) is 31.8 Å². The van der Waals surface area contributed by atoms with Gasteiger partial charge >= 0.3 is 6.09 Å². The summed E-state index contributed by atoms with van der Waals surface area (Å²) in [5, 5.41) is 2.93. The van der Waals surface area contributed by atoms with E-state index in [0.29, 0.717) is 37.8 Å². The maximum Gasteiger partial charge on any atom is 0.412 e. The van der Waals surface area contributed by atoms with Crippen molar-refractivity contribution in [1.82, 2.24) is 24.9 Å². The van der Waals surface area contributed by atoms with E-state index in [1.165, 1.54) is 43.1 Å². The zero-order chi connectivity index (χ0) is 27.7. The van der Waals surface area contributed by atoms with E-state index < -0.39 is 18.0 Å². The smallest absolute Gasteiger partial charge is 0.412 e. The second-order valence-electron chi connectivity index (χ2n) is 8.35. The van der Waals surface area contributed by atoms with Crippen molar-refractivity contribution in [2.75, 3.05) is 19.0 Å². The molecule has 0 saturated heterocycles. The molecule has 1 amide bonds. The van der Waals surface area contributed by atoms with E-state index in [1.54, 1.807) is 6.92 Å². The van der Waals surface area contributed by atoms with Gasteiger partial charge in [0.25, 0.3) is 0 Å². The monoisotopic (exact) mass is 588 g/mol. The zero-order valence-corrected chi connectivity index (χ0v) is 23.0. The Hall–Kier alpha value is -3.87. The molecule has 5 rings (SSSR count). The maximum atomic E-state index is 15.1. The molecule has 0 aliphatic carbocycles. The molecule has 1 atom stereocenters. The topological polar surface area (TPSA) is 121 Å². The van der Waals surface area contributed by atoms with Crippen molar-refractivity contribution in [3.63, 3.8) is 0 Å². The van der Waals surface area contributed by atoms with Gasteiger partial charge < -0.3 is 14.2 Å². The Labute approximate surface area is 235 Å². The second-order valence-corrected chi connectivity index (χ2v) is 10.1. The summed E-state index contributed by atoms with van der Waals surface area (Å²) in [5.41, 5.74) is 3.55. The third-order valence-electron chi connectivity index (χ3n) is 5.39. The highest BCUT2D eigenvalue weighted by Gasteiger charge is 2.21. The van der Waals surface area contributed by atoms with Gasteiger partial charge in [0.15, 0.2) is 11.6 Å². The number of nitrogens with one attached hydrogen (secondary N) is 1. The van der Waals surface area contributed by atoms with E-state index in [9.17, 15) is 4.79 Å². The molecule has 3 heterocycles. The lowest BCUT2D eigenvalue weighted by molar-refractivity contribution is 0.0844. The van der Waals surface area contributed by atoms with Gasteiger partial charge in [-0.2, -0.15) is 0 Å². The number of aryl methyl sites for hydroxylation is 1. The molecule has 10 nitrogen and oxygen atoms in total. The molecule has 3 aromatic heterocycles. The molecule has 0 saturated carbocycles. The predicted octanol–water partition coefficient (Wildman–Crippen LogP) is 6.48. The van der Waals surface area contributed by atoms with Crippen LogP contribution in [0.5, 0.6) is 11.6 Å². The van der Waals surface area contributed by atoms with E-state index >= 15 is 4.39 Å². The van der Waals surface area contributed by atoms with Crippen molar-refractivity contribution >= 4 is 67.6 Å². The normalized spacial score (nSPS) is 11.9. The van der Waals surface area contributed by atoms with Crippen LogP contribution in [0.4, 0.5) is 14.9 Å². The first-order chi connectivity index (χ1) is 18.7. The number of rotatable bonds is 7. The summed E-state index contributed by atoms with van der Waals surface area (Å²) in [6.07, 6.45) is 2.70. The molecule has 2 aromatic carbocycles. The van der Waals surface area contributed by atoms with Crippen molar-refractivity contribution in [1.29, 1.82) is 0 Å². The van der Waals surface area contributed by atoms with E-state index in [0.717, 1.165) is 11.1 Å². The summed E-state index contributed by atoms with van der Waals surface area (Å²) < 4.78 is 31.8. The summed E-state index contributed by atoms with van der Waals surface area (Å²) >= 11 is 13.3. The average Bonchev–Trinajstić information content (AvgIpc) is 3.34. The fraction of sp³-hybridized carbons (Fsp3) is 0.200. The zero-order valence-electron chi connectivity index (χ0n) is 20.7. The molecule has 0 aliphatic heterocycles. The van der Waals surface area contributed by atoms with Gasteiger partial charge in [0, 0.05) is 11.6 Å². The first-order valence-electron chi connectivity index (χ1n) is 11.4. The number of carbonyl (C=O) groups excluding carboxylic acids is 1. The lowest BCUT2D eigenvalue weighted by Crippen LogP contribution is -2.25. The number of nitrogens with zero attached hydrogens (tertiary/aromatic N) is 5. The van der Waals surface area contributed by atoms with Crippen LogP contribution < -0.4 is 14.8 Å². The SMILES string of the molecule is COc1cnc2c(-c3nc4c(Cl)c(F)c(OC[C@@H](C)OC(=O)Nc5cnc(Cl)nc5)cc4s3)cc(C)cc2n1. The Bertz CT molecular complexity index is 1700. The predicted molar refractivity (Wildman–Crippen MR) is 147 cm³/mol. The highest BCUT2D eigenvalue weighted by Crippen LogP contribution is 2.40. The molecule has 0 fully saturated rings. The third kappa shape index (κ3) is 5.77. The summed E-state index contributed by atoms with van der Waals surface area (Å²) in [5.74, 6) is -0.470. The van der Waals surface area contributed by atoms with Gasteiger partial charge in [0.1, 0.15) is 28.3 Å². The lowest BCUT2D eigenvalue weighted by atomic mass is 10.1. The average molecular weight is 589 g/mol. The van der Waals surface area contributed by atoms with Crippen molar-refractivity contribution in [3.05, 3.63) is 58.5 Å². The number of carbonyl (C=O) groups is 1. The van der Waals surface area contributed by atoms with Crippen LogP contribution in [-0.4, -0.2) is 50.8 Å². The molecule has 1 N–H and O–H groups in total. The molecule has 14 heteroatoms. The highest BCUT2D eigenvalue weighted by molar-refractivity contribution is 7.21. The number of methoxy groups -OCH3 is 1. The number of amides is 1. The standard InChI is InChI=1S/C25H19Cl2FN6O4S/c1-11-4-14(21-15(5-11)33-18(36-3)9-29-21)23-34-22-17(39-23)6-16(20(28)19(22)26)37-10-12(2)38-25(35)32-13-7-30-24(27)31-8-13/h4-9,12H,10H2,1-3H3,(H,32,35)/t12-/m1/s1. The van der Waals surface area contributed by atoms with Gasteiger partial charge in [-0.1, -0.05) is 11.6 Å². The number of anilines is 1. The van der Waals surface area contributed by atoms with E-state index in [2.05, 4.69) is 30.2 Å². The lowest BCUT2D eigenvalue weighted by Gasteiger charge is -2.15. The number of fused-ring (bicyclic) bond motifs is 2. The number of ether oxygens (including phenoxy) is 3. The Morgan fingerprint density at radius 3 is 2.62 bits per heavy atom. The third-order valence-corrected chi connectivity index (χ3v) is 6.97. The Morgan fingerprint density at radius 1 is 1.10 bits per heavy atom. The van der Waals surface area contributed by atoms with Gasteiger partial charge in [0.05, 0.1) is 47.1 Å². The minimum absolute atomic E-state index is 0.0444. The van der Waals surface area contributed by atoms with Gasteiger partial charge in [-0.15, -0.1) is 11.3 Å². The number of hydrogen-bond donors (Lipinski definition) is 1. The van der Waals surface area contributed by atoms with Crippen LogP contribution in [0.1, 0.15) is 12.5 Å². The first-order valence-corrected chi connectivity index (χ1v) is 13.0. The van der Waals surface area contributed by atoms with Crippen molar-refractivity contribution < 1.29 is 23.4 Å². The Kier molecular flexibility index (Phi) is 7.60. The van der Waals surface area contributed by atoms with Crippen LogP contribution >= 0.6 is 34.5 Å². The van der Waals surface area contributed by atoms with Crippen molar-refractivity contribution in [2.24, 2.45) is 0 Å². The maximum absolute atomic E-state index is 15.1. The highest BCUT2D eigenvalue weighted by atomic mass is 35.5. The molecule has 200 valence electrons. The van der Waals surface area contributed by atoms with Gasteiger partial charge in [-0.3, -0.25) is 5.32 Å². The molecule has 5 aromatic rings. The number of hydrogen-bond acceptors (Lipinski definition) is 10. The van der Waals surface area contributed by atoms with Crippen LogP contribution in [-0.2, 0) is 4.74 Å². The molecule has 0 aliphatic rings. The van der Waals surface area contributed by atoms with E-state index in [4.69, 9.17) is 37.4 Å². The molecule has 0 spiro atoms. The fourth-order valence-electron chi connectivity index (χ4n) is 3.66. The summed E-state index contributed by atoms with van der Waals surface area (Å²) in [4.78, 5) is 33.2. The number of aromatic nitrogens is 5. The minimum atomic E-state index is -0.769. The second kappa shape index (κ2) is 11.1. The molecular formula is C25H19Cl2FN6O4S. The van der Waals surface area contributed by atoms with Crippen LogP contribution in [0, 0.1) is 12.7 Å². The van der Waals surface area contributed by atoms with Gasteiger partial charge in [-0.25, -0.2) is 34.1 Å². The Morgan fingerprint density at radius 2 is 1.87 bits per heavy atom. The largest absolute Gasteiger partial charge is 0.487 e. The fourth-order valence-corrected chi connectivity index (χ4v) is 5.07. The number of benzene rings is 2. The number of thiazole rings is 1. The summed E-state index contributed by atoms with van der Waals surface area (Å²) in [6, 6.07) is 5.35. The summed E-state index contributed by atoms with van der Waals surface area (Å²) in [7, 11) is 1.52. The van der Waals surface area contributed by atoms with Crippen LogP contribution in [0.2, 0.25) is 10.3 Å².